The molecule has 0 aliphatic carbocycles. The minimum Gasteiger partial charge on any atom is -0.495 e. The van der Waals surface area contributed by atoms with Crippen LogP contribution < -0.4 is 20.9 Å². The number of methoxy groups -OCH3 is 1. The largest absolute Gasteiger partial charge is 0.495 e. The third-order valence-corrected chi connectivity index (χ3v) is 5.38. The van der Waals surface area contributed by atoms with Gasteiger partial charge in [0.05, 0.1) is 25.0 Å². The number of aromatic nitrogens is 1. The molecule has 0 bridgehead atoms. The van der Waals surface area contributed by atoms with Gasteiger partial charge in [-0.25, -0.2) is 4.98 Å². The van der Waals surface area contributed by atoms with Gasteiger partial charge in [-0.3, -0.25) is 20.4 Å². The molecule has 9 heteroatoms. The predicted molar refractivity (Wildman–Crippen MR) is 114 cm³/mol. The summed E-state index contributed by atoms with van der Waals surface area (Å²) < 4.78 is 5.22. The molecule has 0 atom stereocenters. The fourth-order valence-electron chi connectivity index (χ4n) is 2.55. The zero-order valence-electron chi connectivity index (χ0n) is 15.8. The molecule has 150 valence electrons. The number of hydrogen-bond donors (Lipinski definition) is 3. The van der Waals surface area contributed by atoms with E-state index in [1.807, 2.05) is 24.3 Å². The summed E-state index contributed by atoms with van der Waals surface area (Å²) in [7, 11) is 1.55. The van der Waals surface area contributed by atoms with E-state index >= 15 is 0 Å². The van der Waals surface area contributed by atoms with Crippen LogP contribution in [0.25, 0.3) is 10.6 Å². The first-order valence-electron chi connectivity index (χ1n) is 8.67. The molecule has 2 aromatic carbocycles. The number of benzene rings is 2. The van der Waals surface area contributed by atoms with Gasteiger partial charge in [0.25, 0.3) is 11.8 Å². The van der Waals surface area contributed by atoms with Gasteiger partial charge >= 0.3 is 0 Å². The van der Waals surface area contributed by atoms with Crippen LogP contribution in [0.4, 0.5) is 5.69 Å². The van der Waals surface area contributed by atoms with Gasteiger partial charge in [0, 0.05) is 10.6 Å². The van der Waals surface area contributed by atoms with Crippen molar-refractivity contribution in [3.8, 4) is 16.3 Å². The Morgan fingerprint density at radius 2 is 1.93 bits per heavy atom. The van der Waals surface area contributed by atoms with E-state index in [9.17, 15) is 9.59 Å². The highest BCUT2D eigenvalue weighted by Crippen LogP contribution is 2.29. The first-order valence-corrected chi connectivity index (χ1v) is 9.87. The van der Waals surface area contributed by atoms with Gasteiger partial charge in [0.1, 0.15) is 15.6 Å². The SMILES string of the molecule is COc1ccccc1NCC(=O)NNC(=O)c1sc(-c2cccc(Cl)c2)nc1C. The van der Waals surface area contributed by atoms with E-state index in [2.05, 4.69) is 21.2 Å². The topological polar surface area (TPSA) is 92.4 Å². The van der Waals surface area contributed by atoms with E-state index in [0.29, 0.717) is 32.0 Å². The average molecular weight is 431 g/mol. The van der Waals surface area contributed by atoms with Crippen LogP contribution in [0.15, 0.2) is 48.5 Å². The number of carbonyl (C=O) groups is 2. The van der Waals surface area contributed by atoms with E-state index in [1.54, 1.807) is 38.3 Å². The Hall–Kier alpha value is -3.10. The zero-order valence-corrected chi connectivity index (χ0v) is 17.4. The maximum Gasteiger partial charge on any atom is 0.281 e. The van der Waals surface area contributed by atoms with Crippen LogP contribution in [0.3, 0.4) is 0 Å². The van der Waals surface area contributed by atoms with Gasteiger partial charge in [-0.1, -0.05) is 35.9 Å². The second-order valence-electron chi connectivity index (χ2n) is 6.00. The van der Waals surface area contributed by atoms with Gasteiger partial charge in [-0.05, 0) is 31.2 Å². The van der Waals surface area contributed by atoms with Crippen LogP contribution in [0.2, 0.25) is 5.02 Å². The monoisotopic (exact) mass is 430 g/mol. The molecule has 1 aromatic heterocycles. The summed E-state index contributed by atoms with van der Waals surface area (Å²) in [4.78, 5) is 29.3. The van der Waals surface area contributed by atoms with Crippen molar-refractivity contribution in [1.82, 2.24) is 15.8 Å². The summed E-state index contributed by atoms with van der Waals surface area (Å²) in [5, 5.41) is 4.23. The average Bonchev–Trinajstić information content (AvgIpc) is 3.12. The van der Waals surface area contributed by atoms with Gasteiger partial charge in [0.2, 0.25) is 0 Å². The summed E-state index contributed by atoms with van der Waals surface area (Å²) >= 11 is 7.25. The van der Waals surface area contributed by atoms with E-state index in [1.165, 1.54) is 11.3 Å². The van der Waals surface area contributed by atoms with Crippen LogP contribution in [0.1, 0.15) is 15.4 Å². The highest BCUT2D eigenvalue weighted by Gasteiger charge is 2.17. The summed E-state index contributed by atoms with van der Waals surface area (Å²) in [6.07, 6.45) is 0. The second-order valence-corrected chi connectivity index (χ2v) is 7.44. The quantitative estimate of drug-likeness (QED) is 0.519. The standard InChI is InChI=1S/C20H19ClN4O3S/c1-12-18(29-20(23-12)13-6-5-7-14(21)10-13)19(27)25-24-17(26)11-22-15-8-3-4-9-16(15)28-2/h3-10,22H,11H2,1-2H3,(H,24,26)(H,25,27). The molecule has 1 heterocycles. The van der Waals surface area contributed by atoms with E-state index < -0.39 is 11.8 Å². The van der Waals surface area contributed by atoms with Gasteiger partial charge in [-0.15, -0.1) is 11.3 Å². The van der Waals surface area contributed by atoms with E-state index in [4.69, 9.17) is 16.3 Å². The molecule has 0 unspecified atom stereocenters. The Kier molecular flexibility index (Phi) is 6.69. The number of amides is 2. The summed E-state index contributed by atoms with van der Waals surface area (Å²) in [5.74, 6) is -0.210. The Balaban J connectivity index is 1.57. The van der Waals surface area contributed by atoms with E-state index in [-0.39, 0.29) is 6.54 Å². The van der Waals surface area contributed by atoms with Crippen LogP contribution in [-0.2, 0) is 4.79 Å². The molecular formula is C20H19ClN4O3S. The van der Waals surface area contributed by atoms with Crippen molar-refractivity contribution < 1.29 is 14.3 Å². The van der Waals surface area contributed by atoms with Crippen LogP contribution in [-0.4, -0.2) is 30.5 Å². The lowest BCUT2D eigenvalue weighted by Gasteiger charge is -2.11. The number of thiazole rings is 1. The summed E-state index contributed by atoms with van der Waals surface area (Å²) in [5.41, 5.74) is 6.89. The predicted octanol–water partition coefficient (Wildman–Crippen LogP) is 3.65. The molecule has 0 spiro atoms. The maximum absolute atomic E-state index is 12.4. The number of para-hydroxylation sites is 2. The molecule has 3 aromatic rings. The van der Waals surface area contributed by atoms with Crippen molar-refractivity contribution in [3.05, 3.63) is 64.1 Å². The fraction of sp³-hybridized carbons (Fsp3) is 0.150. The Morgan fingerprint density at radius 3 is 2.69 bits per heavy atom. The highest BCUT2D eigenvalue weighted by atomic mass is 35.5. The number of nitrogens with one attached hydrogen (secondary N) is 3. The molecule has 0 radical (unpaired) electrons. The number of hydrogen-bond acceptors (Lipinski definition) is 6. The molecule has 0 aliphatic rings. The number of ether oxygens (including phenoxy) is 1. The molecule has 7 nitrogen and oxygen atoms in total. The number of rotatable bonds is 6. The number of halogens is 1. The summed E-state index contributed by atoms with van der Waals surface area (Å²) in [6, 6.07) is 14.5. The minimum absolute atomic E-state index is 0.0317. The molecule has 0 saturated heterocycles. The first kappa shape index (κ1) is 20.6. The lowest BCUT2D eigenvalue weighted by molar-refractivity contribution is -0.120. The van der Waals surface area contributed by atoms with Crippen molar-refractivity contribution >= 4 is 40.4 Å². The van der Waals surface area contributed by atoms with E-state index in [0.717, 1.165) is 5.56 Å². The van der Waals surface area contributed by atoms with Gasteiger partial charge in [-0.2, -0.15) is 0 Å². The minimum atomic E-state index is -0.432. The van der Waals surface area contributed by atoms with Gasteiger partial charge in [0.15, 0.2) is 0 Å². The smallest absolute Gasteiger partial charge is 0.281 e. The molecule has 2 amide bonds. The van der Waals surface area contributed by atoms with Crippen LogP contribution in [0, 0.1) is 6.92 Å². The van der Waals surface area contributed by atoms with Crippen molar-refractivity contribution in [2.75, 3.05) is 19.0 Å². The van der Waals surface area contributed by atoms with Crippen molar-refractivity contribution in [3.63, 3.8) is 0 Å². The summed E-state index contributed by atoms with van der Waals surface area (Å²) in [6.45, 7) is 1.71. The third-order valence-electron chi connectivity index (χ3n) is 3.94. The lowest BCUT2D eigenvalue weighted by atomic mass is 10.2. The fourth-order valence-corrected chi connectivity index (χ4v) is 3.69. The molecule has 29 heavy (non-hydrogen) atoms. The van der Waals surface area contributed by atoms with Crippen molar-refractivity contribution in [2.24, 2.45) is 0 Å². The lowest BCUT2D eigenvalue weighted by Crippen LogP contribution is -2.44. The molecule has 0 aliphatic heterocycles. The normalized spacial score (nSPS) is 10.3. The zero-order chi connectivity index (χ0) is 20.8. The highest BCUT2D eigenvalue weighted by molar-refractivity contribution is 7.17. The molecule has 3 N–H and O–H groups in total. The number of hydrazine groups is 1. The number of nitrogens with zero attached hydrogens (tertiary/aromatic N) is 1. The molecule has 0 fully saturated rings. The Labute approximate surface area is 177 Å². The van der Waals surface area contributed by atoms with Crippen molar-refractivity contribution in [1.29, 1.82) is 0 Å². The number of anilines is 1. The van der Waals surface area contributed by atoms with Crippen LogP contribution in [0.5, 0.6) is 5.75 Å². The van der Waals surface area contributed by atoms with Gasteiger partial charge < -0.3 is 10.1 Å². The first-order chi connectivity index (χ1) is 14.0. The van der Waals surface area contributed by atoms with Crippen molar-refractivity contribution in [2.45, 2.75) is 6.92 Å². The third kappa shape index (κ3) is 5.24. The molecule has 3 rings (SSSR count). The molecular weight excluding hydrogens is 412 g/mol. The number of aryl methyl sites for hydroxylation is 1. The molecule has 0 saturated carbocycles. The number of carbonyl (C=O) groups excluding carboxylic acids is 2. The van der Waals surface area contributed by atoms with Crippen LogP contribution >= 0.6 is 22.9 Å². The Bertz CT molecular complexity index is 1040. The maximum atomic E-state index is 12.4. The Morgan fingerprint density at radius 1 is 1.14 bits per heavy atom. The second kappa shape index (κ2) is 9.40.